The summed E-state index contributed by atoms with van der Waals surface area (Å²) in [7, 11) is 0. The quantitative estimate of drug-likeness (QED) is 0.855. The highest BCUT2D eigenvalue weighted by Crippen LogP contribution is 2.18. The first-order chi connectivity index (χ1) is 7.75. The summed E-state index contributed by atoms with van der Waals surface area (Å²) in [4.78, 5) is 0. The van der Waals surface area contributed by atoms with Gasteiger partial charge in [0.2, 0.25) is 0 Å². The molecule has 84 valence electrons. The van der Waals surface area contributed by atoms with Gasteiger partial charge < -0.3 is 15.0 Å². The smallest absolute Gasteiger partial charge is 0.134 e. The van der Waals surface area contributed by atoms with Gasteiger partial charge in [-0.2, -0.15) is 0 Å². The van der Waals surface area contributed by atoms with Crippen LogP contribution in [0, 0.1) is 0 Å². The van der Waals surface area contributed by atoms with Gasteiger partial charge in [-0.3, -0.25) is 0 Å². The Labute approximate surface area is 94.0 Å². The van der Waals surface area contributed by atoms with Crippen molar-refractivity contribution in [2.45, 2.75) is 19.6 Å². The summed E-state index contributed by atoms with van der Waals surface area (Å²) in [5.74, 6) is 0.790. The van der Waals surface area contributed by atoms with E-state index in [9.17, 15) is 0 Å². The maximum atomic E-state index is 5.79. The number of benzene rings is 1. The lowest BCUT2D eigenvalue weighted by atomic mass is 10.1. The molecule has 2 aromatic rings. The third-order valence-electron chi connectivity index (χ3n) is 2.26. The Hall–Kier alpha value is -1.81. The van der Waals surface area contributed by atoms with Gasteiger partial charge >= 0.3 is 0 Å². The van der Waals surface area contributed by atoms with Crippen LogP contribution in [0.15, 0.2) is 41.1 Å². The van der Waals surface area contributed by atoms with Gasteiger partial charge in [0, 0.05) is 12.1 Å². The van der Waals surface area contributed by atoms with Crippen molar-refractivity contribution in [3.63, 3.8) is 0 Å². The Morgan fingerprint density at radius 1 is 1.44 bits per heavy atom. The van der Waals surface area contributed by atoms with E-state index in [1.165, 1.54) is 6.26 Å². The van der Waals surface area contributed by atoms with Crippen LogP contribution < -0.4 is 10.5 Å². The number of rotatable bonds is 4. The Bertz CT molecular complexity index is 438. The van der Waals surface area contributed by atoms with E-state index in [0.717, 1.165) is 17.0 Å². The molecule has 0 aliphatic rings. The predicted molar refractivity (Wildman–Crippen MR) is 59.9 cm³/mol. The standard InChI is InChI=1S/C12H14N2O2/c1-9(13)10-3-2-4-12(7-10)15-8-11-5-6-16-14-11/h2-7,9H,8,13H2,1H3. The minimum absolute atomic E-state index is 0.00982. The molecule has 0 spiro atoms. The molecule has 2 rings (SSSR count). The topological polar surface area (TPSA) is 61.3 Å². The number of ether oxygens (including phenoxy) is 1. The first-order valence-corrected chi connectivity index (χ1v) is 5.13. The van der Waals surface area contributed by atoms with Gasteiger partial charge in [-0.15, -0.1) is 0 Å². The molecular weight excluding hydrogens is 204 g/mol. The van der Waals surface area contributed by atoms with Crippen molar-refractivity contribution in [3.05, 3.63) is 47.9 Å². The van der Waals surface area contributed by atoms with Gasteiger partial charge in [-0.05, 0) is 24.6 Å². The molecule has 0 saturated carbocycles. The summed E-state index contributed by atoms with van der Waals surface area (Å²) in [6.45, 7) is 2.34. The zero-order chi connectivity index (χ0) is 11.4. The van der Waals surface area contributed by atoms with E-state index in [2.05, 4.69) is 5.16 Å². The van der Waals surface area contributed by atoms with E-state index >= 15 is 0 Å². The van der Waals surface area contributed by atoms with Gasteiger partial charge in [-0.25, -0.2) is 0 Å². The van der Waals surface area contributed by atoms with Crippen LogP contribution in [0.25, 0.3) is 0 Å². The molecule has 1 aromatic carbocycles. The fraction of sp³-hybridized carbons (Fsp3) is 0.250. The van der Waals surface area contributed by atoms with Crippen molar-refractivity contribution >= 4 is 0 Å². The van der Waals surface area contributed by atoms with Crippen molar-refractivity contribution in [1.29, 1.82) is 0 Å². The molecule has 1 atom stereocenters. The van der Waals surface area contributed by atoms with Crippen molar-refractivity contribution in [1.82, 2.24) is 5.16 Å². The lowest BCUT2D eigenvalue weighted by molar-refractivity contribution is 0.289. The Morgan fingerprint density at radius 2 is 2.31 bits per heavy atom. The van der Waals surface area contributed by atoms with E-state index in [0.29, 0.717) is 6.61 Å². The summed E-state index contributed by atoms with van der Waals surface area (Å²) in [6.07, 6.45) is 1.52. The molecule has 4 heteroatoms. The molecule has 0 aliphatic carbocycles. The summed E-state index contributed by atoms with van der Waals surface area (Å²) < 4.78 is 10.3. The van der Waals surface area contributed by atoms with Crippen LogP contribution >= 0.6 is 0 Å². The van der Waals surface area contributed by atoms with Crippen LogP contribution in [0.4, 0.5) is 0 Å². The van der Waals surface area contributed by atoms with Crippen LogP contribution in [0.3, 0.4) is 0 Å². The second-order valence-corrected chi connectivity index (χ2v) is 3.64. The average molecular weight is 218 g/mol. The molecule has 1 unspecified atom stereocenters. The third kappa shape index (κ3) is 2.61. The second kappa shape index (κ2) is 4.81. The van der Waals surface area contributed by atoms with Gasteiger partial charge in [-0.1, -0.05) is 17.3 Å². The Balaban J connectivity index is 2.01. The minimum Gasteiger partial charge on any atom is -0.487 e. The number of aromatic nitrogens is 1. The number of hydrogen-bond acceptors (Lipinski definition) is 4. The van der Waals surface area contributed by atoms with E-state index in [1.54, 1.807) is 6.07 Å². The normalized spacial score (nSPS) is 12.4. The summed E-state index contributed by atoms with van der Waals surface area (Å²) >= 11 is 0. The van der Waals surface area contributed by atoms with Crippen molar-refractivity contribution < 1.29 is 9.26 Å². The minimum atomic E-state index is 0.00982. The molecule has 0 saturated heterocycles. The first kappa shape index (κ1) is 10.7. The molecule has 0 bridgehead atoms. The van der Waals surface area contributed by atoms with Crippen LogP contribution in [-0.2, 0) is 6.61 Å². The lowest BCUT2D eigenvalue weighted by Gasteiger charge is -2.08. The highest BCUT2D eigenvalue weighted by molar-refractivity contribution is 5.30. The lowest BCUT2D eigenvalue weighted by Crippen LogP contribution is -2.05. The van der Waals surface area contributed by atoms with E-state index in [-0.39, 0.29) is 6.04 Å². The van der Waals surface area contributed by atoms with Crippen LogP contribution in [0.1, 0.15) is 24.2 Å². The van der Waals surface area contributed by atoms with E-state index < -0.39 is 0 Å². The summed E-state index contributed by atoms with van der Waals surface area (Å²) in [6, 6.07) is 9.52. The molecule has 16 heavy (non-hydrogen) atoms. The van der Waals surface area contributed by atoms with Crippen LogP contribution in [0.2, 0.25) is 0 Å². The molecule has 2 N–H and O–H groups in total. The average Bonchev–Trinajstić information content (AvgIpc) is 2.79. The predicted octanol–water partition coefficient (Wildman–Crippen LogP) is 2.27. The van der Waals surface area contributed by atoms with E-state index in [1.807, 2.05) is 31.2 Å². The van der Waals surface area contributed by atoms with Gasteiger partial charge in [0.1, 0.15) is 24.3 Å². The first-order valence-electron chi connectivity index (χ1n) is 5.13. The largest absolute Gasteiger partial charge is 0.487 e. The van der Waals surface area contributed by atoms with Crippen LogP contribution in [-0.4, -0.2) is 5.16 Å². The summed E-state index contributed by atoms with van der Waals surface area (Å²) in [5.41, 5.74) is 7.61. The Kier molecular flexibility index (Phi) is 3.22. The fourth-order valence-electron chi connectivity index (χ4n) is 1.36. The zero-order valence-electron chi connectivity index (χ0n) is 9.09. The van der Waals surface area contributed by atoms with Crippen LogP contribution in [0.5, 0.6) is 5.75 Å². The zero-order valence-corrected chi connectivity index (χ0v) is 9.09. The van der Waals surface area contributed by atoms with Crippen molar-refractivity contribution in [3.8, 4) is 5.75 Å². The molecule has 1 heterocycles. The highest BCUT2D eigenvalue weighted by atomic mass is 16.5. The van der Waals surface area contributed by atoms with Gasteiger partial charge in [0.15, 0.2) is 0 Å². The molecular formula is C12H14N2O2. The van der Waals surface area contributed by atoms with Gasteiger partial charge in [0.25, 0.3) is 0 Å². The maximum absolute atomic E-state index is 5.79. The highest BCUT2D eigenvalue weighted by Gasteiger charge is 2.02. The molecule has 1 aromatic heterocycles. The van der Waals surface area contributed by atoms with E-state index in [4.69, 9.17) is 15.0 Å². The molecule has 4 nitrogen and oxygen atoms in total. The summed E-state index contributed by atoms with van der Waals surface area (Å²) in [5, 5.41) is 3.76. The molecule has 0 aliphatic heterocycles. The number of nitrogens with zero attached hydrogens (tertiary/aromatic N) is 1. The number of hydrogen-bond donors (Lipinski definition) is 1. The third-order valence-corrected chi connectivity index (χ3v) is 2.26. The molecule has 0 radical (unpaired) electrons. The number of nitrogens with two attached hydrogens (primary N) is 1. The molecule has 0 fully saturated rings. The fourth-order valence-corrected chi connectivity index (χ4v) is 1.36. The SMILES string of the molecule is CC(N)c1cccc(OCc2ccon2)c1. The molecule has 0 amide bonds. The Morgan fingerprint density at radius 3 is 3.00 bits per heavy atom. The van der Waals surface area contributed by atoms with Crippen molar-refractivity contribution in [2.24, 2.45) is 5.73 Å². The second-order valence-electron chi connectivity index (χ2n) is 3.64. The van der Waals surface area contributed by atoms with Gasteiger partial charge in [0.05, 0.1) is 0 Å². The maximum Gasteiger partial charge on any atom is 0.134 e. The monoisotopic (exact) mass is 218 g/mol. The van der Waals surface area contributed by atoms with Crippen molar-refractivity contribution in [2.75, 3.05) is 0 Å².